The Balaban J connectivity index is 1.34. The molecule has 2 aliphatic rings. The highest BCUT2D eigenvalue weighted by Crippen LogP contribution is 2.32. The zero-order valence-electron chi connectivity index (χ0n) is 17.8. The van der Waals surface area contributed by atoms with Crippen LogP contribution in [0, 0.1) is 11.7 Å². The summed E-state index contributed by atoms with van der Waals surface area (Å²) in [6, 6.07) is 2.94. The molecule has 1 saturated carbocycles. The average Bonchev–Trinajstić information content (AvgIpc) is 3.49. The van der Waals surface area contributed by atoms with Gasteiger partial charge in [0, 0.05) is 25.2 Å². The van der Waals surface area contributed by atoms with Crippen molar-refractivity contribution in [3.8, 4) is 0 Å². The summed E-state index contributed by atoms with van der Waals surface area (Å²) in [6.07, 6.45) is 4.62. The minimum Gasteiger partial charge on any atom is -0.348 e. The van der Waals surface area contributed by atoms with Gasteiger partial charge in [-0.3, -0.25) is 14.6 Å². The Bertz CT molecular complexity index is 1200. The Kier molecular flexibility index (Phi) is 5.04. The van der Waals surface area contributed by atoms with Crippen molar-refractivity contribution in [2.75, 3.05) is 18.4 Å². The molecule has 2 N–H and O–H groups in total. The first-order chi connectivity index (χ1) is 15.3. The molecule has 4 heterocycles. The lowest BCUT2D eigenvalue weighted by Crippen LogP contribution is -2.69. The maximum Gasteiger partial charge on any atom is 0.274 e. The lowest BCUT2D eigenvalue weighted by atomic mass is 9.91. The first kappa shape index (κ1) is 20.7. The number of aromatic nitrogens is 3. The van der Waals surface area contributed by atoms with Crippen molar-refractivity contribution in [2.24, 2.45) is 5.92 Å². The van der Waals surface area contributed by atoms with Gasteiger partial charge in [0.2, 0.25) is 11.9 Å². The highest BCUT2D eigenvalue weighted by Gasteiger charge is 2.45. The predicted molar refractivity (Wildman–Crippen MR) is 119 cm³/mol. The van der Waals surface area contributed by atoms with E-state index in [9.17, 15) is 14.0 Å². The van der Waals surface area contributed by atoms with Gasteiger partial charge in [-0.15, -0.1) is 11.3 Å². The molecule has 0 bridgehead atoms. The first-order valence-corrected chi connectivity index (χ1v) is 11.4. The molecule has 1 atom stereocenters. The highest BCUT2D eigenvalue weighted by atomic mass is 32.1. The van der Waals surface area contributed by atoms with Gasteiger partial charge in [-0.2, -0.15) is 0 Å². The second kappa shape index (κ2) is 7.77. The predicted octanol–water partition coefficient (Wildman–Crippen LogP) is 3.14. The molecular weight excluding hydrogens is 431 g/mol. The van der Waals surface area contributed by atoms with E-state index in [1.807, 2.05) is 25.3 Å². The van der Waals surface area contributed by atoms with Crippen LogP contribution in [0.15, 0.2) is 29.9 Å². The molecular formula is C22H23FN6O2S. The minimum atomic E-state index is -0.421. The molecule has 2 fully saturated rings. The van der Waals surface area contributed by atoms with E-state index in [2.05, 4.69) is 25.6 Å². The lowest BCUT2D eigenvalue weighted by Gasteiger charge is -2.48. The minimum absolute atomic E-state index is 0.0783. The highest BCUT2D eigenvalue weighted by molar-refractivity contribution is 7.17. The van der Waals surface area contributed by atoms with Crippen molar-refractivity contribution in [1.29, 1.82) is 0 Å². The normalized spacial score (nSPS) is 18.2. The number of rotatable bonds is 6. The van der Waals surface area contributed by atoms with Crippen molar-refractivity contribution in [2.45, 2.75) is 38.3 Å². The van der Waals surface area contributed by atoms with Crippen LogP contribution in [-0.4, -0.2) is 50.3 Å². The molecule has 0 aromatic carbocycles. The molecule has 0 spiro atoms. The third kappa shape index (κ3) is 4.02. The van der Waals surface area contributed by atoms with E-state index in [4.69, 9.17) is 0 Å². The molecule has 8 nitrogen and oxygen atoms in total. The number of fused-ring (bicyclic) bond motifs is 1. The molecule has 2 amide bonds. The number of anilines is 1. The molecule has 32 heavy (non-hydrogen) atoms. The van der Waals surface area contributed by atoms with Crippen molar-refractivity contribution >= 4 is 39.3 Å². The SMILES string of the molecule is CC(Nc1nc(C(=O)N2CC(C)(NC(=O)C3CC3)C2)c2sccc2n1)c1cncc(F)c1. The van der Waals surface area contributed by atoms with Gasteiger partial charge < -0.3 is 15.5 Å². The summed E-state index contributed by atoms with van der Waals surface area (Å²) >= 11 is 1.41. The van der Waals surface area contributed by atoms with Crippen molar-refractivity contribution in [3.63, 3.8) is 0 Å². The van der Waals surface area contributed by atoms with Crippen LogP contribution in [0.2, 0.25) is 0 Å². The van der Waals surface area contributed by atoms with E-state index in [0.29, 0.717) is 35.8 Å². The standard InChI is InChI=1S/C22H23FN6O2S/c1-12(14-7-15(23)9-24-8-14)25-21-26-16-5-6-32-18(16)17(27-21)20(31)29-10-22(2,11-29)28-19(30)13-3-4-13/h5-9,12-13H,3-4,10-11H2,1-2H3,(H,28,30)(H,25,26,27). The fourth-order valence-corrected chi connectivity index (χ4v) is 4.74. The summed E-state index contributed by atoms with van der Waals surface area (Å²) in [6.45, 7) is 4.69. The molecule has 3 aromatic heterocycles. The smallest absolute Gasteiger partial charge is 0.274 e. The Labute approximate surface area is 188 Å². The first-order valence-electron chi connectivity index (χ1n) is 10.5. The van der Waals surface area contributed by atoms with Crippen LogP contribution in [0.25, 0.3) is 10.2 Å². The summed E-state index contributed by atoms with van der Waals surface area (Å²) in [7, 11) is 0. The van der Waals surface area contributed by atoms with Gasteiger partial charge >= 0.3 is 0 Å². The number of thiophene rings is 1. The van der Waals surface area contributed by atoms with Crippen LogP contribution in [0.3, 0.4) is 0 Å². The Hall–Kier alpha value is -3.14. The quantitative estimate of drug-likeness (QED) is 0.594. The fraction of sp³-hybridized carbons (Fsp3) is 0.409. The van der Waals surface area contributed by atoms with Crippen LogP contribution < -0.4 is 10.6 Å². The van der Waals surface area contributed by atoms with Gasteiger partial charge in [0.05, 0.1) is 28.0 Å². The number of amides is 2. The molecule has 1 unspecified atom stereocenters. The van der Waals surface area contributed by atoms with Crippen LogP contribution >= 0.6 is 11.3 Å². The average molecular weight is 455 g/mol. The van der Waals surface area contributed by atoms with Crippen LogP contribution in [0.4, 0.5) is 10.3 Å². The maximum absolute atomic E-state index is 13.5. The third-order valence-electron chi connectivity index (χ3n) is 5.82. The van der Waals surface area contributed by atoms with Gasteiger partial charge in [0.1, 0.15) is 5.82 Å². The van der Waals surface area contributed by atoms with Crippen LogP contribution in [-0.2, 0) is 4.79 Å². The number of pyridine rings is 1. The number of nitrogens with one attached hydrogen (secondary N) is 2. The summed E-state index contributed by atoms with van der Waals surface area (Å²) in [5.41, 5.74) is 1.24. The number of carbonyl (C=O) groups excluding carboxylic acids is 2. The molecule has 1 saturated heterocycles. The molecule has 3 aromatic rings. The van der Waals surface area contributed by atoms with Crippen LogP contribution in [0.5, 0.6) is 0 Å². The maximum atomic E-state index is 13.5. The fourth-order valence-electron chi connectivity index (χ4n) is 3.93. The molecule has 10 heteroatoms. The van der Waals surface area contributed by atoms with E-state index in [1.54, 1.807) is 11.1 Å². The lowest BCUT2D eigenvalue weighted by molar-refractivity contribution is -0.125. The second-order valence-corrected chi connectivity index (χ2v) is 9.73. The van der Waals surface area contributed by atoms with Crippen molar-refractivity contribution < 1.29 is 14.0 Å². The summed E-state index contributed by atoms with van der Waals surface area (Å²) in [4.78, 5) is 40.0. The van der Waals surface area contributed by atoms with Crippen molar-refractivity contribution in [3.05, 3.63) is 47.0 Å². The monoisotopic (exact) mass is 454 g/mol. The number of carbonyl (C=O) groups is 2. The second-order valence-electron chi connectivity index (χ2n) is 8.82. The van der Waals surface area contributed by atoms with Gasteiger partial charge in [-0.25, -0.2) is 14.4 Å². The molecule has 0 radical (unpaired) electrons. The number of hydrogen-bond donors (Lipinski definition) is 2. The number of hydrogen-bond acceptors (Lipinski definition) is 7. The number of likely N-dealkylation sites (tertiary alicyclic amines) is 1. The van der Waals surface area contributed by atoms with E-state index < -0.39 is 11.4 Å². The Morgan fingerprint density at radius 2 is 2.06 bits per heavy atom. The Morgan fingerprint density at radius 1 is 1.28 bits per heavy atom. The van der Waals surface area contributed by atoms with E-state index in [0.717, 1.165) is 23.7 Å². The van der Waals surface area contributed by atoms with Gasteiger partial charge in [0.25, 0.3) is 5.91 Å². The van der Waals surface area contributed by atoms with Crippen molar-refractivity contribution in [1.82, 2.24) is 25.2 Å². The zero-order chi connectivity index (χ0) is 22.5. The van der Waals surface area contributed by atoms with E-state index in [-0.39, 0.29) is 23.8 Å². The van der Waals surface area contributed by atoms with E-state index in [1.165, 1.54) is 17.4 Å². The Morgan fingerprint density at radius 3 is 2.78 bits per heavy atom. The molecule has 5 rings (SSSR count). The zero-order valence-corrected chi connectivity index (χ0v) is 18.6. The van der Waals surface area contributed by atoms with Gasteiger partial charge in [-0.1, -0.05) is 0 Å². The summed E-state index contributed by atoms with van der Waals surface area (Å²) < 4.78 is 14.2. The number of halogens is 1. The largest absolute Gasteiger partial charge is 0.348 e. The van der Waals surface area contributed by atoms with Crippen LogP contribution in [0.1, 0.15) is 48.8 Å². The number of nitrogens with zero attached hydrogens (tertiary/aromatic N) is 4. The third-order valence-corrected chi connectivity index (χ3v) is 6.73. The molecule has 1 aliphatic carbocycles. The van der Waals surface area contributed by atoms with Gasteiger partial charge in [-0.05, 0) is 49.8 Å². The van der Waals surface area contributed by atoms with E-state index >= 15 is 0 Å². The molecule has 1 aliphatic heterocycles. The van der Waals surface area contributed by atoms with Gasteiger partial charge in [0.15, 0.2) is 5.69 Å². The topological polar surface area (TPSA) is 100 Å². The molecule has 166 valence electrons. The summed E-state index contributed by atoms with van der Waals surface area (Å²) in [5.74, 6) is -0.110. The summed E-state index contributed by atoms with van der Waals surface area (Å²) in [5, 5.41) is 8.09.